The van der Waals surface area contributed by atoms with Crippen LogP contribution in [0.4, 0.5) is 0 Å². The minimum Gasteiger partial charge on any atom is -0.454 e. The third kappa shape index (κ3) is 2.87. The van der Waals surface area contributed by atoms with Gasteiger partial charge in [-0.3, -0.25) is 4.79 Å². The lowest BCUT2D eigenvalue weighted by Crippen LogP contribution is -2.39. The molecule has 1 aliphatic carbocycles. The van der Waals surface area contributed by atoms with Crippen LogP contribution in [-0.4, -0.2) is 11.6 Å². The zero-order valence-corrected chi connectivity index (χ0v) is 10.8. The zero-order valence-electron chi connectivity index (χ0n) is 10.8. The van der Waals surface area contributed by atoms with Crippen LogP contribution < -0.4 is 0 Å². The van der Waals surface area contributed by atoms with E-state index in [0.717, 1.165) is 32.1 Å². The maximum Gasteiger partial charge on any atom is 0.312 e. The van der Waals surface area contributed by atoms with Crippen molar-refractivity contribution in [3.63, 3.8) is 0 Å². The van der Waals surface area contributed by atoms with Gasteiger partial charge in [-0.1, -0.05) is 19.9 Å². The Bertz CT molecular complexity index is 260. The Labute approximate surface area is 99.1 Å². The molecule has 92 valence electrons. The second-order valence-electron chi connectivity index (χ2n) is 5.46. The molecule has 16 heavy (non-hydrogen) atoms. The predicted octanol–water partition coefficient (Wildman–Crippen LogP) is 3.85. The summed E-state index contributed by atoms with van der Waals surface area (Å²) in [5.74, 6) is -0.0863. The van der Waals surface area contributed by atoms with Crippen molar-refractivity contribution in [2.75, 3.05) is 0 Å². The number of carbonyl (C=O) groups is 1. The van der Waals surface area contributed by atoms with Gasteiger partial charge in [0.2, 0.25) is 0 Å². The van der Waals surface area contributed by atoms with Crippen molar-refractivity contribution in [2.24, 2.45) is 5.41 Å². The summed E-state index contributed by atoms with van der Waals surface area (Å²) in [6.45, 7) is 9.74. The number of ether oxygens (including phenoxy) is 1. The second kappa shape index (κ2) is 5.03. The molecule has 1 fully saturated rings. The largest absolute Gasteiger partial charge is 0.454 e. The van der Waals surface area contributed by atoms with Crippen LogP contribution in [0.2, 0.25) is 0 Å². The first kappa shape index (κ1) is 13.3. The molecule has 1 saturated carbocycles. The molecule has 2 heteroatoms. The lowest BCUT2D eigenvalue weighted by Gasteiger charge is -2.36. The van der Waals surface area contributed by atoms with Gasteiger partial charge in [-0.25, -0.2) is 0 Å². The van der Waals surface area contributed by atoms with Crippen LogP contribution in [0.15, 0.2) is 12.7 Å². The van der Waals surface area contributed by atoms with Crippen LogP contribution in [0.3, 0.4) is 0 Å². The summed E-state index contributed by atoms with van der Waals surface area (Å²) in [6.07, 6.45) is 8.00. The molecule has 1 aliphatic rings. The minimum absolute atomic E-state index is 0.0863. The molecule has 0 saturated heterocycles. The van der Waals surface area contributed by atoms with E-state index in [4.69, 9.17) is 4.74 Å². The molecule has 0 spiro atoms. The van der Waals surface area contributed by atoms with Gasteiger partial charge in [0.25, 0.3) is 0 Å². The van der Waals surface area contributed by atoms with E-state index in [-0.39, 0.29) is 17.0 Å². The van der Waals surface area contributed by atoms with Crippen molar-refractivity contribution >= 4 is 5.97 Å². The number of hydrogen-bond acceptors (Lipinski definition) is 2. The lowest BCUT2D eigenvalue weighted by molar-refractivity contribution is -0.168. The van der Waals surface area contributed by atoms with E-state index in [1.165, 1.54) is 6.42 Å². The number of esters is 1. The fourth-order valence-corrected chi connectivity index (χ4v) is 1.97. The summed E-state index contributed by atoms with van der Waals surface area (Å²) in [4.78, 5) is 12.1. The molecule has 0 amide bonds. The van der Waals surface area contributed by atoms with Gasteiger partial charge in [-0.2, -0.15) is 0 Å². The lowest BCUT2D eigenvalue weighted by atomic mass is 9.83. The molecular formula is C14H24O2. The van der Waals surface area contributed by atoms with E-state index in [2.05, 4.69) is 6.58 Å². The van der Waals surface area contributed by atoms with Gasteiger partial charge >= 0.3 is 5.97 Å². The summed E-state index contributed by atoms with van der Waals surface area (Å²) in [5.41, 5.74) is -0.769. The van der Waals surface area contributed by atoms with Crippen LogP contribution >= 0.6 is 0 Å². The molecule has 0 aromatic rings. The van der Waals surface area contributed by atoms with E-state index < -0.39 is 0 Å². The quantitative estimate of drug-likeness (QED) is 0.535. The van der Waals surface area contributed by atoms with Crippen molar-refractivity contribution in [1.82, 2.24) is 0 Å². The fraction of sp³-hybridized carbons (Fsp3) is 0.786. The minimum atomic E-state index is -0.387. The Morgan fingerprint density at radius 1 is 1.38 bits per heavy atom. The number of carbonyl (C=O) groups excluding carboxylic acids is 1. The average Bonchev–Trinajstić information content (AvgIpc) is 2.30. The van der Waals surface area contributed by atoms with E-state index in [9.17, 15) is 4.79 Å². The SMILES string of the molecule is C=CC1(OC(=O)C(C)(C)CC)CCCCC1. The molecule has 0 radical (unpaired) electrons. The van der Waals surface area contributed by atoms with Gasteiger partial charge in [-0.05, 0) is 52.0 Å². The van der Waals surface area contributed by atoms with E-state index in [0.29, 0.717) is 0 Å². The van der Waals surface area contributed by atoms with E-state index in [1.54, 1.807) is 0 Å². The molecule has 0 bridgehead atoms. The molecule has 0 aromatic heterocycles. The fourth-order valence-electron chi connectivity index (χ4n) is 1.97. The van der Waals surface area contributed by atoms with E-state index in [1.807, 2.05) is 26.8 Å². The van der Waals surface area contributed by atoms with Crippen LogP contribution in [0.25, 0.3) is 0 Å². The van der Waals surface area contributed by atoms with Crippen molar-refractivity contribution in [3.05, 3.63) is 12.7 Å². The van der Waals surface area contributed by atoms with Gasteiger partial charge < -0.3 is 4.74 Å². The van der Waals surface area contributed by atoms with Gasteiger partial charge in [0.05, 0.1) is 5.41 Å². The second-order valence-corrected chi connectivity index (χ2v) is 5.46. The van der Waals surface area contributed by atoms with Crippen molar-refractivity contribution in [2.45, 2.75) is 64.9 Å². The van der Waals surface area contributed by atoms with Crippen molar-refractivity contribution < 1.29 is 9.53 Å². The standard InChI is InChI=1S/C14H24O2/c1-5-13(3,4)12(15)16-14(6-2)10-8-7-9-11-14/h6H,2,5,7-11H2,1,3-4H3. The normalized spacial score (nSPS) is 20.2. The first-order valence-electron chi connectivity index (χ1n) is 6.33. The molecule has 0 atom stereocenters. The van der Waals surface area contributed by atoms with Crippen LogP contribution in [-0.2, 0) is 9.53 Å². The number of hydrogen-bond donors (Lipinski definition) is 0. The average molecular weight is 224 g/mol. The third-order valence-electron chi connectivity index (χ3n) is 3.80. The van der Waals surface area contributed by atoms with Gasteiger partial charge in [-0.15, -0.1) is 0 Å². The predicted molar refractivity (Wildman–Crippen MR) is 66.2 cm³/mol. The van der Waals surface area contributed by atoms with Gasteiger partial charge in [0, 0.05) is 0 Å². The molecule has 0 aromatic carbocycles. The van der Waals surface area contributed by atoms with Crippen LogP contribution in [0, 0.1) is 5.41 Å². The van der Waals surface area contributed by atoms with Crippen LogP contribution in [0.1, 0.15) is 59.3 Å². The first-order valence-corrected chi connectivity index (χ1v) is 6.33. The summed E-state index contributed by atoms with van der Waals surface area (Å²) in [5, 5.41) is 0. The Kier molecular flexibility index (Phi) is 4.17. The highest BCUT2D eigenvalue weighted by Gasteiger charge is 2.37. The Balaban J connectivity index is 2.69. The smallest absolute Gasteiger partial charge is 0.312 e. The van der Waals surface area contributed by atoms with E-state index >= 15 is 0 Å². The van der Waals surface area contributed by atoms with Crippen molar-refractivity contribution in [3.8, 4) is 0 Å². The molecular weight excluding hydrogens is 200 g/mol. The monoisotopic (exact) mass is 224 g/mol. The maximum absolute atomic E-state index is 12.1. The summed E-state index contributed by atoms with van der Waals surface area (Å²) < 4.78 is 5.73. The number of rotatable bonds is 4. The first-order chi connectivity index (χ1) is 7.46. The van der Waals surface area contributed by atoms with Gasteiger partial charge in [0.15, 0.2) is 0 Å². The summed E-state index contributed by atoms with van der Waals surface area (Å²) in [7, 11) is 0. The molecule has 1 rings (SSSR count). The molecule has 0 heterocycles. The maximum atomic E-state index is 12.1. The zero-order chi connectivity index (χ0) is 12.2. The molecule has 0 aliphatic heterocycles. The third-order valence-corrected chi connectivity index (χ3v) is 3.80. The highest BCUT2D eigenvalue weighted by atomic mass is 16.6. The summed E-state index contributed by atoms with van der Waals surface area (Å²) >= 11 is 0. The topological polar surface area (TPSA) is 26.3 Å². The summed E-state index contributed by atoms with van der Waals surface area (Å²) in [6, 6.07) is 0. The molecule has 2 nitrogen and oxygen atoms in total. The molecule has 0 unspecified atom stereocenters. The Morgan fingerprint density at radius 2 is 1.94 bits per heavy atom. The Hall–Kier alpha value is -0.790. The van der Waals surface area contributed by atoms with Gasteiger partial charge in [0.1, 0.15) is 5.60 Å². The van der Waals surface area contributed by atoms with Crippen LogP contribution in [0.5, 0.6) is 0 Å². The highest BCUT2D eigenvalue weighted by Crippen LogP contribution is 2.35. The van der Waals surface area contributed by atoms with Crippen molar-refractivity contribution in [1.29, 1.82) is 0 Å². The molecule has 0 N–H and O–H groups in total. The Morgan fingerprint density at radius 3 is 2.38 bits per heavy atom. The highest BCUT2D eigenvalue weighted by molar-refractivity contribution is 5.76.